The highest BCUT2D eigenvalue weighted by Crippen LogP contribution is 2.26. The normalized spacial score (nSPS) is 10.3. The van der Waals surface area contributed by atoms with Crippen LogP contribution in [0.4, 0.5) is 0 Å². The maximum Gasteiger partial charge on any atom is 0.309 e. The van der Waals surface area contributed by atoms with Gasteiger partial charge in [-0.1, -0.05) is 72.8 Å². The molecule has 0 aromatic heterocycles. The summed E-state index contributed by atoms with van der Waals surface area (Å²) in [4.78, 5) is 11.4. The number of hydrogen-bond acceptors (Lipinski definition) is 2. The molecule has 0 aliphatic heterocycles. The minimum Gasteiger partial charge on any atom is -0.469 e. The van der Waals surface area contributed by atoms with Crippen molar-refractivity contribution in [1.82, 2.24) is 0 Å². The molecule has 0 N–H and O–H groups in total. The van der Waals surface area contributed by atoms with Gasteiger partial charge in [-0.05, 0) is 33.9 Å². The van der Waals surface area contributed by atoms with Crippen LogP contribution in [-0.2, 0) is 16.0 Å². The first kappa shape index (κ1) is 15.0. The van der Waals surface area contributed by atoms with Crippen molar-refractivity contribution in [3.63, 3.8) is 0 Å². The van der Waals surface area contributed by atoms with Gasteiger partial charge in [0.25, 0.3) is 0 Å². The summed E-state index contributed by atoms with van der Waals surface area (Å²) in [5.74, 6) is -0.222. The third kappa shape index (κ3) is 3.67. The molecule has 0 aliphatic rings. The van der Waals surface area contributed by atoms with E-state index in [9.17, 15) is 4.79 Å². The van der Waals surface area contributed by atoms with Crippen LogP contribution >= 0.6 is 0 Å². The summed E-state index contributed by atoms with van der Waals surface area (Å²) in [5.41, 5.74) is 5.57. The van der Waals surface area contributed by atoms with Crippen molar-refractivity contribution in [1.29, 1.82) is 0 Å². The van der Waals surface area contributed by atoms with Crippen LogP contribution in [0.25, 0.3) is 22.3 Å². The summed E-state index contributed by atoms with van der Waals surface area (Å²) in [5, 5.41) is 0. The fourth-order valence-electron chi connectivity index (χ4n) is 2.61. The van der Waals surface area contributed by atoms with Crippen LogP contribution in [0.1, 0.15) is 5.56 Å². The third-order valence-electron chi connectivity index (χ3n) is 3.81. The Hall–Kier alpha value is -2.87. The average molecular weight is 302 g/mol. The van der Waals surface area contributed by atoms with E-state index in [2.05, 4.69) is 42.5 Å². The quantitative estimate of drug-likeness (QED) is 0.651. The smallest absolute Gasteiger partial charge is 0.309 e. The zero-order chi connectivity index (χ0) is 16.1. The van der Waals surface area contributed by atoms with Gasteiger partial charge < -0.3 is 4.74 Å². The molecule has 0 aliphatic carbocycles. The van der Waals surface area contributed by atoms with E-state index in [0.29, 0.717) is 6.42 Å². The number of methoxy groups -OCH3 is 1. The third-order valence-corrected chi connectivity index (χ3v) is 3.81. The highest BCUT2D eigenvalue weighted by molar-refractivity contribution is 5.75. The minimum absolute atomic E-state index is 0.222. The number of rotatable bonds is 4. The second-order valence-electron chi connectivity index (χ2n) is 5.40. The van der Waals surface area contributed by atoms with Crippen LogP contribution in [0.15, 0.2) is 78.9 Å². The summed E-state index contributed by atoms with van der Waals surface area (Å²) in [6.07, 6.45) is 0.294. The Morgan fingerprint density at radius 2 is 1.30 bits per heavy atom. The van der Waals surface area contributed by atoms with Crippen LogP contribution in [-0.4, -0.2) is 13.1 Å². The summed E-state index contributed by atoms with van der Waals surface area (Å²) in [7, 11) is 1.41. The van der Waals surface area contributed by atoms with Gasteiger partial charge in [0.05, 0.1) is 13.5 Å². The first-order valence-electron chi connectivity index (χ1n) is 7.58. The van der Waals surface area contributed by atoms with Crippen LogP contribution in [0.3, 0.4) is 0 Å². The van der Waals surface area contributed by atoms with Gasteiger partial charge in [-0.2, -0.15) is 0 Å². The largest absolute Gasteiger partial charge is 0.469 e. The van der Waals surface area contributed by atoms with Gasteiger partial charge in [-0.25, -0.2) is 0 Å². The lowest BCUT2D eigenvalue weighted by Crippen LogP contribution is -2.04. The number of hydrogen-bond donors (Lipinski definition) is 0. The molecule has 0 unspecified atom stereocenters. The topological polar surface area (TPSA) is 26.3 Å². The molecule has 0 saturated carbocycles. The van der Waals surface area contributed by atoms with E-state index in [1.54, 1.807) is 0 Å². The lowest BCUT2D eigenvalue weighted by atomic mass is 9.97. The molecule has 0 radical (unpaired) electrons. The van der Waals surface area contributed by atoms with Gasteiger partial charge in [0.1, 0.15) is 0 Å². The molecule has 0 fully saturated rings. The molecule has 2 heteroatoms. The Balaban J connectivity index is 1.93. The van der Waals surface area contributed by atoms with E-state index < -0.39 is 0 Å². The van der Waals surface area contributed by atoms with Crippen molar-refractivity contribution < 1.29 is 9.53 Å². The zero-order valence-electron chi connectivity index (χ0n) is 13.0. The molecule has 2 nitrogen and oxygen atoms in total. The Morgan fingerprint density at radius 1 is 0.739 bits per heavy atom. The fraction of sp³-hybridized carbons (Fsp3) is 0.0952. The molecular weight excluding hydrogens is 284 g/mol. The minimum atomic E-state index is -0.222. The average Bonchev–Trinajstić information content (AvgIpc) is 2.63. The second kappa shape index (κ2) is 6.93. The van der Waals surface area contributed by atoms with Gasteiger partial charge in [0.2, 0.25) is 0 Å². The van der Waals surface area contributed by atoms with E-state index in [4.69, 9.17) is 4.74 Å². The maximum absolute atomic E-state index is 11.4. The fourth-order valence-corrected chi connectivity index (χ4v) is 2.61. The number of carbonyl (C=O) groups is 1. The molecule has 0 atom stereocenters. The molecular formula is C21H18O2. The monoisotopic (exact) mass is 302 g/mol. The van der Waals surface area contributed by atoms with Gasteiger partial charge in [0.15, 0.2) is 0 Å². The van der Waals surface area contributed by atoms with E-state index in [0.717, 1.165) is 16.7 Å². The lowest BCUT2D eigenvalue weighted by molar-refractivity contribution is -0.139. The lowest BCUT2D eigenvalue weighted by Gasteiger charge is -2.08. The van der Waals surface area contributed by atoms with Gasteiger partial charge in [-0.15, -0.1) is 0 Å². The number of ether oxygens (including phenoxy) is 1. The highest BCUT2D eigenvalue weighted by atomic mass is 16.5. The van der Waals surface area contributed by atoms with E-state index in [1.165, 1.54) is 18.2 Å². The molecule has 0 amide bonds. The predicted molar refractivity (Wildman–Crippen MR) is 93.0 cm³/mol. The summed E-state index contributed by atoms with van der Waals surface area (Å²) < 4.78 is 4.74. The van der Waals surface area contributed by atoms with E-state index in [-0.39, 0.29) is 5.97 Å². The second-order valence-corrected chi connectivity index (χ2v) is 5.40. The summed E-state index contributed by atoms with van der Waals surface area (Å²) in [6, 6.07) is 26.8. The van der Waals surface area contributed by atoms with E-state index in [1.807, 2.05) is 36.4 Å². The molecule has 3 aromatic carbocycles. The Labute approximate surface area is 136 Å². The van der Waals surface area contributed by atoms with Crippen LogP contribution in [0, 0.1) is 0 Å². The standard InChI is InChI=1S/C21H18O2/c1-23-21(22)14-16-7-5-10-18(13-16)20-12-6-11-19(15-20)17-8-3-2-4-9-17/h2-13,15H,14H2,1H3. The molecule has 23 heavy (non-hydrogen) atoms. The van der Waals surface area contributed by atoms with Gasteiger partial charge in [-0.3, -0.25) is 4.79 Å². The summed E-state index contributed by atoms with van der Waals surface area (Å²) >= 11 is 0. The van der Waals surface area contributed by atoms with E-state index >= 15 is 0 Å². The first-order valence-corrected chi connectivity index (χ1v) is 7.58. The predicted octanol–water partition coefficient (Wildman–Crippen LogP) is 4.74. The van der Waals surface area contributed by atoms with Crippen molar-refractivity contribution in [2.45, 2.75) is 6.42 Å². The Morgan fingerprint density at radius 3 is 2.00 bits per heavy atom. The van der Waals surface area contributed by atoms with Crippen LogP contribution in [0.5, 0.6) is 0 Å². The molecule has 114 valence electrons. The Kier molecular flexibility index (Phi) is 4.53. The van der Waals surface area contributed by atoms with Crippen molar-refractivity contribution in [2.75, 3.05) is 7.11 Å². The van der Waals surface area contributed by atoms with Crippen LogP contribution < -0.4 is 0 Å². The molecule has 3 rings (SSSR count). The molecule has 0 heterocycles. The van der Waals surface area contributed by atoms with Crippen molar-refractivity contribution in [3.8, 4) is 22.3 Å². The van der Waals surface area contributed by atoms with Gasteiger partial charge in [0, 0.05) is 0 Å². The highest BCUT2D eigenvalue weighted by Gasteiger charge is 2.06. The van der Waals surface area contributed by atoms with Crippen LogP contribution in [0.2, 0.25) is 0 Å². The molecule has 0 bridgehead atoms. The van der Waals surface area contributed by atoms with Crippen molar-refractivity contribution >= 4 is 5.97 Å². The molecule has 0 spiro atoms. The van der Waals surface area contributed by atoms with Crippen molar-refractivity contribution in [3.05, 3.63) is 84.4 Å². The maximum atomic E-state index is 11.4. The number of benzene rings is 3. The zero-order valence-corrected chi connectivity index (χ0v) is 13.0. The molecule has 3 aromatic rings. The SMILES string of the molecule is COC(=O)Cc1cccc(-c2cccc(-c3ccccc3)c2)c1. The number of carbonyl (C=O) groups excluding carboxylic acids is 1. The summed E-state index contributed by atoms with van der Waals surface area (Å²) in [6.45, 7) is 0. The van der Waals surface area contributed by atoms with Gasteiger partial charge >= 0.3 is 5.97 Å². The molecule has 0 saturated heterocycles. The number of esters is 1. The first-order chi connectivity index (χ1) is 11.3. The Bertz CT molecular complexity index is 807. The van der Waals surface area contributed by atoms with Crippen molar-refractivity contribution in [2.24, 2.45) is 0 Å².